The zero-order valence-corrected chi connectivity index (χ0v) is 13.3. The quantitative estimate of drug-likeness (QED) is 0.879. The van der Waals surface area contributed by atoms with Crippen molar-refractivity contribution in [1.29, 1.82) is 0 Å². The molecule has 1 heterocycles. The largest absolute Gasteiger partial charge is 0.491 e. The van der Waals surface area contributed by atoms with E-state index in [9.17, 15) is 0 Å². The number of rotatable bonds is 6. The summed E-state index contributed by atoms with van der Waals surface area (Å²) in [7, 11) is 0. The molecule has 0 radical (unpaired) electrons. The van der Waals surface area contributed by atoms with Crippen LogP contribution in [0.1, 0.15) is 31.0 Å². The Hall–Kier alpha value is -1.40. The third-order valence-corrected chi connectivity index (χ3v) is 3.46. The molecule has 0 unspecified atom stereocenters. The number of nitrogens with zero attached hydrogens (tertiary/aromatic N) is 3. The molecule has 6 heteroatoms. The van der Waals surface area contributed by atoms with Crippen LogP contribution in [-0.2, 0) is 13.1 Å². The summed E-state index contributed by atoms with van der Waals surface area (Å²) in [4.78, 5) is 0. The van der Waals surface area contributed by atoms with Crippen LogP contribution in [0.15, 0.2) is 28.9 Å². The number of hydrogen-bond donors (Lipinski definition) is 1. The summed E-state index contributed by atoms with van der Waals surface area (Å²) in [6, 6.07) is 6.08. The maximum absolute atomic E-state index is 5.86. The zero-order chi connectivity index (χ0) is 14.5. The van der Waals surface area contributed by atoms with Gasteiger partial charge in [-0.15, -0.1) is 5.10 Å². The van der Waals surface area contributed by atoms with Crippen molar-refractivity contribution in [3.63, 3.8) is 0 Å². The lowest BCUT2D eigenvalue weighted by atomic mass is 10.0. The lowest BCUT2D eigenvalue weighted by Gasteiger charge is -2.14. The summed E-state index contributed by atoms with van der Waals surface area (Å²) in [5, 5.41) is 7.93. The van der Waals surface area contributed by atoms with Crippen molar-refractivity contribution in [2.24, 2.45) is 5.73 Å². The number of nitrogens with two attached hydrogens (primary N) is 1. The number of benzene rings is 1. The van der Waals surface area contributed by atoms with Crippen LogP contribution in [0.3, 0.4) is 0 Å². The van der Waals surface area contributed by atoms with Crippen molar-refractivity contribution in [3.05, 3.63) is 40.1 Å². The van der Waals surface area contributed by atoms with Crippen LogP contribution >= 0.6 is 15.9 Å². The lowest BCUT2D eigenvalue weighted by Crippen LogP contribution is -2.10. The lowest BCUT2D eigenvalue weighted by molar-refractivity contribution is 0.286. The SMILES string of the molecule is CC(C)c1cc(Br)ccc1OCCn1cc(CN)nn1. The first-order valence-electron chi connectivity index (χ1n) is 6.61. The molecule has 0 bridgehead atoms. The van der Waals surface area contributed by atoms with Gasteiger partial charge < -0.3 is 10.5 Å². The highest BCUT2D eigenvalue weighted by atomic mass is 79.9. The minimum Gasteiger partial charge on any atom is -0.491 e. The molecule has 0 fully saturated rings. The van der Waals surface area contributed by atoms with Gasteiger partial charge in [-0.3, -0.25) is 0 Å². The second kappa shape index (κ2) is 6.85. The number of halogens is 1. The Morgan fingerprint density at radius 2 is 2.20 bits per heavy atom. The molecule has 1 aromatic carbocycles. The van der Waals surface area contributed by atoms with Gasteiger partial charge in [0.05, 0.1) is 12.2 Å². The molecule has 2 rings (SSSR count). The topological polar surface area (TPSA) is 66.0 Å². The van der Waals surface area contributed by atoms with E-state index in [1.807, 2.05) is 18.3 Å². The van der Waals surface area contributed by atoms with E-state index in [1.54, 1.807) is 4.68 Å². The van der Waals surface area contributed by atoms with Gasteiger partial charge in [-0.2, -0.15) is 0 Å². The fourth-order valence-electron chi connectivity index (χ4n) is 1.89. The molecule has 0 spiro atoms. The Kier molecular flexibility index (Phi) is 5.14. The first kappa shape index (κ1) is 15.0. The second-order valence-electron chi connectivity index (χ2n) is 4.86. The highest BCUT2D eigenvalue weighted by Gasteiger charge is 2.08. The van der Waals surface area contributed by atoms with Gasteiger partial charge >= 0.3 is 0 Å². The monoisotopic (exact) mass is 338 g/mol. The van der Waals surface area contributed by atoms with Gasteiger partial charge in [-0.25, -0.2) is 4.68 Å². The summed E-state index contributed by atoms with van der Waals surface area (Å²) in [6.07, 6.45) is 1.84. The van der Waals surface area contributed by atoms with Gasteiger partial charge in [0.1, 0.15) is 12.4 Å². The summed E-state index contributed by atoms with van der Waals surface area (Å²) in [5.74, 6) is 1.33. The molecule has 1 aromatic heterocycles. The van der Waals surface area contributed by atoms with E-state index in [4.69, 9.17) is 10.5 Å². The summed E-state index contributed by atoms with van der Waals surface area (Å²) >= 11 is 3.49. The minimum absolute atomic E-state index is 0.408. The molecule has 2 aromatic rings. The van der Waals surface area contributed by atoms with Crippen molar-refractivity contribution in [2.75, 3.05) is 6.61 Å². The van der Waals surface area contributed by atoms with Gasteiger partial charge in [0.15, 0.2) is 0 Å². The highest BCUT2D eigenvalue weighted by molar-refractivity contribution is 9.10. The van der Waals surface area contributed by atoms with Crippen molar-refractivity contribution in [2.45, 2.75) is 32.9 Å². The van der Waals surface area contributed by atoms with Crippen LogP contribution in [0.5, 0.6) is 5.75 Å². The van der Waals surface area contributed by atoms with Gasteiger partial charge in [0.25, 0.3) is 0 Å². The Morgan fingerprint density at radius 3 is 2.85 bits per heavy atom. The fourth-order valence-corrected chi connectivity index (χ4v) is 2.27. The molecule has 0 aliphatic rings. The van der Waals surface area contributed by atoms with Crippen LogP contribution in [0.25, 0.3) is 0 Å². The first-order chi connectivity index (χ1) is 9.60. The third kappa shape index (κ3) is 3.80. The summed E-state index contributed by atoms with van der Waals surface area (Å²) < 4.78 is 8.67. The molecule has 20 heavy (non-hydrogen) atoms. The van der Waals surface area contributed by atoms with Crippen LogP contribution in [0, 0.1) is 0 Å². The van der Waals surface area contributed by atoms with Crippen LogP contribution < -0.4 is 10.5 Å². The molecule has 2 N–H and O–H groups in total. The predicted octanol–water partition coefficient (Wildman–Crippen LogP) is 2.70. The van der Waals surface area contributed by atoms with E-state index in [0.717, 1.165) is 15.9 Å². The Balaban J connectivity index is 1.97. The first-order valence-corrected chi connectivity index (χ1v) is 7.40. The van der Waals surface area contributed by atoms with Gasteiger partial charge in [0, 0.05) is 17.2 Å². The van der Waals surface area contributed by atoms with Gasteiger partial charge in [-0.1, -0.05) is 35.0 Å². The molecule has 0 saturated carbocycles. The van der Waals surface area contributed by atoms with E-state index >= 15 is 0 Å². The molecule has 0 amide bonds. The van der Waals surface area contributed by atoms with Gasteiger partial charge in [-0.05, 0) is 29.7 Å². The van der Waals surface area contributed by atoms with E-state index in [1.165, 1.54) is 5.56 Å². The second-order valence-corrected chi connectivity index (χ2v) is 5.78. The van der Waals surface area contributed by atoms with Crippen molar-refractivity contribution >= 4 is 15.9 Å². The average Bonchev–Trinajstić information content (AvgIpc) is 2.88. The standard InChI is InChI=1S/C14H19BrN4O/c1-10(2)13-7-11(15)3-4-14(13)20-6-5-19-9-12(8-16)17-18-19/h3-4,7,9-10H,5-6,8,16H2,1-2H3. The molecule has 5 nitrogen and oxygen atoms in total. The number of ether oxygens (including phenoxy) is 1. The molecular weight excluding hydrogens is 320 g/mol. The molecule has 0 atom stereocenters. The van der Waals surface area contributed by atoms with Crippen LogP contribution in [0.4, 0.5) is 0 Å². The molecule has 0 saturated heterocycles. The smallest absolute Gasteiger partial charge is 0.122 e. The maximum atomic E-state index is 5.86. The predicted molar refractivity (Wildman–Crippen MR) is 81.6 cm³/mol. The molecule has 0 aliphatic heterocycles. The third-order valence-electron chi connectivity index (χ3n) is 2.97. The normalized spacial score (nSPS) is 11.1. The Labute approximate surface area is 127 Å². The zero-order valence-electron chi connectivity index (χ0n) is 11.7. The van der Waals surface area contributed by atoms with Crippen LogP contribution in [0.2, 0.25) is 0 Å². The van der Waals surface area contributed by atoms with Crippen LogP contribution in [-0.4, -0.2) is 21.6 Å². The summed E-state index contributed by atoms with van der Waals surface area (Å²) in [6.45, 7) is 5.92. The molecular formula is C14H19BrN4O. The average molecular weight is 339 g/mol. The van der Waals surface area contributed by atoms with E-state index in [0.29, 0.717) is 25.6 Å². The van der Waals surface area contributed by atoms with E-state index in [-0.39, 0.29) is 0 Å². The van der Waals surface area contributed by atoms with Crippen molar-refractivity contribution < 1.29 is 4.74 Å². The molecule has 0 aliphatic carbocycles. The van der Waals surface area contributed by atoms with Gasteiger partial charge in [0.2, 0.25) is 0 Å². The number of aromatic nitrogens is 3. The number of hydrogen-bond acceptors (Lipinski definition) is 4. The fraction of sp³-hybridized carbons (Fsp3) is 0.429. The highest BCUT2D eigenvalue weighted by Crippen LogP contribution is 2.29. The van der Waals surface area contributed by atoms with E-state index < -0.39 is 0 Å². The molecule has 108 valence electrons. The minimum atomic E-state index is 0.408. The Morgan fingerprint density at radius 1 is 1.40 bits per heavy atom. The maximum Gasteiger partial charge on any atom is 0.122 e. The Bertz CT molecular complexity index is 568. The van der Waals surface area contributed by atoms with Crippen molar-refractivity contribution in [1.82, 2.24) is 15.0 Å². The van der Waals surface area contributed by atoms with E-state index in [2.05, 4.69) is 46.2 Å². The summed E-state index contributed by atoms with van der Waals surface area (Å²) in [5.41, 5.74) is 7.48. The van der Waals surface area contributed by atoms with Crippen molar-refractivity contribution in [3.8, 4) is 5.75 Å².